The van der Waals surface area contributed by atoms with Gasteiger partial charge in [0, 0.05) is 43.0 Å². The first-order chi connectivity index (χ1) is 9.49. The number of hydrogen-bond acceptors (Lipinski definition) is 3. The van der Waals surface area contributed by atoms with Crippen LogP contribution in [-0.2, 0) is 4.79 Å². The third-order valence-electron chi connectivity index (χ3n) is 3.38. The van der Waals surface area contributed by atoms with Crippen molar-refractivity contribution in [2.24, 2.45) is 0 Å². The molecule has 0 aliphatic carbocycles. The molecule has 2 N–H and O–H groups in total. The maximum atomic E-state index is 12.3. The zero-order valence-corrected chi connectivity index (χ0v) is 11.6. The number of nitrogen functional groups attached to an aromatic ring is 1. The third kappa shape index (κ3) is 2.99. The molecule has 106 valence electrons. The quantitative estimate of drug-likeness (QED) is 0.649. The Labute approximate surface area is 118 Å². The van der Waals surface area contributed by atoms with Gasteiger partial charge >= 0.3 is 0 Å². The monoisotopic (exact) mass is 273 g/mol. The van der Waals surface area contributed by atoms with Crippen LogP contribution in [0, 0.1) is 0 Å². The highest BCUT2D eigenvalue weighted by atomic mass is 16.2. The average Bonchev–Trinajstić information content (AvgIpc) is 2.46. The van der Waals surface area contributed by atoms with Crippen LogP contribution in [0.5, 0.6) is 0 Å². The fourth-order valence-corrected chi connectivity index (χ4v) is 2.19. The molecule has 0 atom stereocenters. The van der Waals surface area contributed by atoms with Crippen molar-refractivity contribution in [3.8, 4) is 0 Å². The molecule has 5 nitrogen and oxygen atoms in total. The van der Waals surface area contributed by atoms with Crippen LogP contribution in [0.4, 0.5) is 5.69 Å². The van der Waals surface area contributed by atoms with Gasteiger partial charge in [-0.15, -0.1) is 0 Å². The number of carbonyl (C=O) groups is 2. The highest BCUT2D eigenvalue weighted by Crippen LogP contribution is 2.12. The second kappa shape index (κ2) is 5.77. The van der Waals surface area contributed by atoms with Crippen LogP contribution in [0.15, 0.2) is 36.4 Å². The Morgan fingerprint density at radius 2 is 1.55 bits per heavy atom. The molecule has 1 aromatic carbocycles. The van der Waals surface area contributed by atoms with Gasteiger partial charge < -0.3 is 15.5 Å². The lowest BCUT2D eigenvalue weighted by Gasteiger charge is -2.34. The fourth-order valence-electron chi connectivity index (χ4n) is 2.19. The van der Waals surface area contributed by atoms with Gasteiger partial charge in [-0.25, -0.2) is 0 Å². The Kier molecular flexibility index (Phi) is 4.08. The number of piperazine rings is 1. The molecule has 1 aliphatic heterocycles. The molecule has 1 heterocycles. The van der Waals surface area contributed by atoms with Crippen molar-refractivity contribution in [1.82, 2.24) is 9.80 Å². The third-order valence-corrected chi connectivity index (χ3v) is 3.38. The summed E-state index contributed by atoms with van der Waals surface area (Å²) in [4.78, 5) is 27.6. The SMILES string of the molecule is C=C(C)C(=O)N1CCN(C(=O)c2ccc(N)cc2)CC1. The Morgan fingerprint density at radius 3 is 2.05 bits per heavy atom. The van der Waals surface area contributed by atoms with Gasteiger partial charge in [0.1, 0.15) is 0 Å². The minimum atomic E-state index is -0.0374. The predicted molar refractivity (Wildman–Crippen MR) is 78.2 cm³/mol. The summed E-state index contributed by atoms with van der Waals surface area (Å²) in [5.41, 5.74) is 7.40. The van der Waals surface area contributed by atoms with E-state index >= 15 is 0 Å². The van der Waals surface area contributed by atoms with Crippen LogP contribution >= 0.6 is 0 Å². The number of nitrogens with zero attached hydrogens (tertiary/aromatic N) is 2. The van der Waals surface area contributed by atoms with Gasteiger partial charge in [0.05, 0.1) is 0 Å². The Morgan fingerprint density at radius 1 is 1.05 bits per heavy atom. The van der Waals surface area contributed by atoms with Crippen molar-refractivity contribution >= 4 is 17.5 Å². The Hall–Kier alpha value is -2.30. The molecule has 1 aliphatic rings. The van der Waals surface area contributed by atoms with Gasteiger partial charge in [-0.05, 0) is 31.2 Å². The molecular weight excluding hydrogens is 254 g/mol. The first kappa shape index (κ1) is 14.1. The molecule has 0 spiro atoms. The summed E-state index contributed by atoms with van der Waals surface area (Å²) in [5, 5.41) is 0. The second-order valence-electron chi connectivity index (χ2n) is 4.99. The molecule has 0 unspecified atom stereocenters. The zero-order chi connectivity index (χ0) is 14.7. The molecule has 0 aromatic heterocycles. The summed E-state index contributed by atoms with van der Waals surface area (Å²) in [5.74, 6) is -0.0583. The van der Waals surface area contributed by atoms with E-state index in [0.717, 1.165) is 0 Å². The molecule has 0 radical (unpaired) electrons. The lowest BCUT2D eigenvalue weighted by molar-refractivity contribution is -0.128. The van der Waals surface area contributed by atoms with E-state index in [1.165, 1.54) is 0 Å². The summed E-state index contributed by atoms with van der Waals surface area (Å²) >= 11 is 0. The van der Waals surface area contributed by atoms with Crippen LogP contribution < -0.4 is 5.73 Å². The predicted octanol–water partition coefficient (Wildman–Crippen LogP) is 1.13. The number of rotatable bonds is 2. The van der Waals surface area contributed by atoms with Crippen LogP contribution in [-0.4, -0.2) is 47.8 Å². The van der Waals surface area contributed by atoms with Crippen molar-refractivity contribution < 1.29 is 9.59 Å². The van der Waals surface area contributed by atoms with Gasteiger partial charge in [0.15, 0.2) is 0 Å². The van der Waals surface area contributed by atoms with Crippen molar-refractivity contribution in [1.29, 1.82) is 0 Å². The van der Waals surface area contributed by atoms with Crippen molar-refractivity contribution in [2.45, 2.75) is 6.92 Å². The van der Waals surface area contributed by atoms with E-state index in [1.54, 1.807) is 41.0 Å². The lowest BCUT2D eigenvalue weighted by atomic mass is 10.1. The number of anilines is 1. The van der Waals surface area contributed by atoms with E-state index in [0.29, 0.717) is 43.0 Å². The molecule has 0 saturated carbocycles. The molecule has 0 bridgehead atoms. The molecule has 1 aromatic rings. The van der Waals surface area contributed by atoms with Gasteiger partial charge in [-0.2, -0.15) is 0 Å². The number of amides is 2. The zero-order valence-electron chi connectivity index (χ0n) is 11.6. The van der Waals surface area contributed by atoms with E-state index in [1.807, 2.05) is 0 Å². The summed E-state index contributed by atoms with van der Waals surface area (Å²) in [6.07, 6.45) is 0. The van der Waals surface area contributed by atoms with Crippen molar-refractivity contribution in [3.63, 3.8) is 0 Å². The molecule has 2 amide bonds. The van der Waals surface area contributed by atoms with E-state index in [9.17, 15) is 9.59 Å². The highest BCUT2D eigenvalue weighted by molar-refractivity contribution is 5.95. The minimum absolute atomic E-state index is 0.0209. The van der Waals surface area contributed by atoms with Crippen LogP contribution in [0.2, 0.25) is 0 Å². The Balaban J connectivity index is 1.97. The smallest absolute Gasteiger partial charge is 0.253 e. The molecule has 20 heavy (non-hydrogen) atoms. The average molecular weight is 273 g/mol. The normalized spacial score (nSPS) is 15.1. The number of benzene rings is 1. The number of carbonyl (C=O) groups excluding carboxylic acids is 2. The van der Waals surface area contributed by atoms with Gasteiger partial charge in [0.25, 0.3) is 5.91 Å². The fraction of sp³-hybridized carbons (Fsp3) is 0.333. The number of nitrogens with two attached hydrogens (primary N) is 1. The molecule has 5 heteroatoms. The largest absolute Gasteiger partial charge is 0.399 e. The van der Waals surface area contributed by atoms with Crippen molar-refractivity contribution in [3.05, 3.63) is 42.0 Å². The standard InChI is InChI=1S/C15H19N3O2/c1-11(2)14(19)17-7-9-18(10-8-17)15(20)12-3-5-13(16)6-4-12/h3-6H,1,7-10,16H2,2H3. The van der Waals surface area contributed by atoms with E-state index in [2.05, 4.69) is 6.58 Å². The maximum absolute atomic E-state index is 12.3. The molecule has 2 rings (SSSR count). The lowest BCUT2D eigenvalue weighted by Crippen LogP contribution is -2.50. The summed E-state index contributed by atoms with van der Waals surface area (Å²) in [7, 11) is 0. The first-order valence-corrected chi connectivity index (χ1v) is 6.58. The second-order valence-corrected chi connectivity index (χ2v) is 4.99. The van der Waals surface area contributed by atoms with E-state index < -0.39 is 0 Å². The first-order valence-electron chi connectivity index (χ1n) is 6.58. The maximum Gasteiger partial charge on any atom is 0.253 e. The van der Waals surface area contributed by atoms with Crippen LogP contribution in [0.1, 0.15) is 17.3 Å². The van der Waals surface area contributed by atoms with Gasteiger partial charge in [0.2, 0.25) is 5.91 Å². The van der Waals surface area contributed by atoms with E-state index in [4.69, 9.17) is 5.73 Å². The van der Waals surface area contributed by atoms with Gasteiger partial charge in [-0.3, -0.25) is 9.59 Å². The van der Waals surface area contributed by atoms with Gasteiger partial charge in [-0.1, -0.05) is 6.58 Å². The summed E-state index contributed by atoms with van der Waals surface area (Å²) in [6, 6.07) is 6.88. The molecule has 1 saturated heterocycles. The van der Waals surface area contributed by atoms with Crippen LogP contribution in [0.3, 0.4) is 0 Å². The topological polar surface area (TPSA) is 66.6 Å². The van der Waals surface area contributed by atoms with E-state index in [-0.39, 0.29) is 11.8 Å². The highest BCUT2D eigenvalue weighted by Gasteiger charge is 2.24. The minimum Gasteiger partial charge on any atom is -0.399 e. The van der Waals surface area contributed by atoms with Crippen LogP contribution in [0.25, 0.3) is 0 Å². The molecular formula is C15H19N3O2. The molecule has 1 fully saturated rings. The summed E-state index contributed by atoms with van der Waals surface area (Å²) < 4.78 is 0. The number of hydrogen-bond donors (Lipinski definition) is 1. The van der Waals surface area contributed by atoms with Crippen molar-refractivity contribution in [2.75, 3.05) is 31.9 Å². The Bertz CT molecular complexity index is 529. The summed E-state index contributed by atoms with van der Waals surface area (Å²) in [6.45, 7) is 7.54.